The van der Waals surface area contributed by atoms with Gasteiger partial charge in [-0.1, -0.05) is 65.3 Å². The van der Waals surface area contributed by atoms with E-state index in [1.165, 1.54) is 16.7 Å². The standard InChI is InChI=1S/C21H16BrNO2/c1-21(13-14-6-2-5-9-20(14)22)18-8-4-3-7-16(18)17-11-10-15(23(24)25)12-19(17)21/h2-12H,13H2,1H3. The first kappa shape index (κ1) is 16.0. The summed E-state index contributed by atoms with van der Waals surface area (Å²) in [7, 11) is 0. The lowest BCUT2D eigenvalue weighted by Gasteiger charge is -2.28. The molecule has 1 aliphatic carbocycles. The number of rotatable bonds is 3. The maximum absolute atomic E-state index is 11.3. The van der Waals surface area contributed by atoms with E-state index >= 15 is 0 Å². The number of hydrogen-bond acceptors (Lipinski definition) is 2. The van der Waals surface area contributed by atoms with Gasteiger partial charge >= 0.3 is 0 Å². The Hall–Kier alpha value is -2.46. The van der Waals surface area contributed by atoms with E-state index < -0.39 is 0 Å². The van der Waals surface area contributed by atoms with Crippen molar-refractivity contribution in [2.75, 3.05) is 0 Å². The quantitative estimate of drug-likeness (QED) is 0.411. The highest BCUT2D eigenvalue weighted by molar-refractivity contribution is 9.10. The Bertz CT molecular complexity index is 999. The molecule has 0 saturated heterocycles. The molecule has 124 valence electrons. The second-order valence-corrected chi connectivity index (χ2v) is 7.49. The lowest BCUT2D eigenvalue weighted by Crippen LogP contribution is -2.24. The minimum Gasteiger partial charge on any atom is -0.258 e. The molecular formula is C21H16BrNO2. The number of nitro groups is 1. The summed E-state index contributed by atoms with van der Waals surface area (Å²) in [6.07, 6.45) is 0.777. The third-order valence-corrected chi connectivity index (χ3v) is 5.90. The number of nitrogens with zero attached hydrogens (tertiary/aromatic N) is 1. The highest BCUT2D eigenvalue weighted by Gasteiger charge is 2.40. The van der Waals surface area contributed by atoms with Crippen molar-refractivity contribution in [1.29, 1.82) is 0 Å². The Morgan fingerprint density at radius 2 is 1.64 bits per heavy atom. The van der Waals surface area contributed by atoms with Gasteiger partial charge in [-0.15, -0.1) is 0 Å². The van der Waals surface area contributed by atoms with E-state index in [9.17, 15) is 10.1 Å². The second-order valence-electron chi connectivity index (χ2n) is 6.63. The predicted molar refractivity (Wildman–Crippen MR) is 103 cm³/mol. The smallest absolute Gasteiger partial charge is 0.258 e. The number of nitro benzene ring substituents is 1. The molecule has 0 bridgehead atoms. The van der Waals surface area contributed by atoms with Crippen molar-refractivity contribution in [1.82, 2.24) is 0 Å². The van der Waals surface area contributed by atoms with Gasteiger partial charge < -0.3 is 0 Å². The number of fused-ring (bicyclic) bond motifs is 3. The first-order valence-corrected chi connectivity index (χ1v) is 8.92. The molecule has 1 atom stereocenters. The minimum absolute atomic E-state index is 0.143. The Kier molecular flexibility index (Phi) is 3.73. The topological polar surface area (TPSA) is 43.1 Å². The molecule has 0 fully saturated rings. The van der Waals surface area contributed by atoms with Crippen LogP contribution in [0, 0.1) is 10.1 Å². The molecule has 0 radical (unpaired) electrons. The van der Waals surface area contributed by atoms with Crippen LogP contribution in [0.25, 0.3) is 11.1 Å². The van der Waals surface area contributed by atoms with E-state index in [1.54, 1.807) is 12.1 Å². The zero-order valence-electron chi connectivity index (χ0n) is 13.7. The Labute approximate surface area is 154 Å². The first-order chi connectivity index (χ1) is 12.0. The van der Waals surface area contributed by atoms with Crippen LogP contribution in [-0.2, 0) is 11.8 Å². The van der Waals surface area contributed by atoms with Crippen molar-refractivity contribution in [3.8, 4) is 11.1 Å². The van der Waals surface area contributed by atoms with Gasteiger partial charge in [0.05, 0.1) is 4.92 Å². The molecule has 3 aromatic carbocycles. The average Bonchev–Trinajstić information content (AvgIpc) is 2.86. The van der Waals surface area contributed by atoms with Crippen molar-refractivity contribution in [3.05, 3.63) is 98.0 Å². The largest absolute Gasteiger partial charge is 0.269 e. The van der Waals surface area contributed by atoms with E-state index in [0.717, 1.165) is 22.0 Å². The van der Waals surface area contributed by atoms with Crippen LogP contribution in [0.5, 0.6) is 0 Å². The second kappa shape index (κ2) is 5.81. The molecule has 0 saturated carbocycles. The fourth-order valence-electron chi connectivity index (χ4n) is 3.89. The fraction of sp³-hybridized carbons (Fsp3) is 0.143. The van der Waals surface area contributed by atoms with E-state index in [-0.39, 0.29) is 16.0 Å². The molecule has 3 nitrogen and oxygen atoms in total. The van der Waals surface area contributed by atoms with Crippen molar-refractivity contribution in [3.63, 3.8) is 0 Å². The Morgan fingerprint density at radius 3 is 2.40 bits per heavy atom. The monoisotopic (exact) mass is 393 g/mol. The molecule has 1 aliphatic rings. The van der Waals surface area contributed by atoms with Gasteiger partial charge in [-0.3, -0.25) is 10.1 Å². The molecule has 1 unspecified atom stereocenters. The van der Waals surface area contributed by atoms with Crippen molar-refractivity contribution >= 4 is 21.6 Å². The van der Waals surface area contributed by atoms with Crippen LogP contribution in [-0.4, -0.2) is 4.92 Å². The summed E-state index contributed by atoms with van der Waals surface area (Å²) in [6.45, 7) is 2.18. The van der Waals surface area contributed by atoms with Crippen LogP contribution in [0.3, 0.4) is 0 Å². The number of benzene rings is 3. The number of hydrogen-bond donors (Lipinski definition) is 0. The molecule has 3 aromatic rings. The highest BCUT2D eigenvalue weighted by atomic mass is 79.9. The van der Waals surface area contributed by atoms with Crippen LogP contribution in [0.1, 0.15) is 23.6 Å². The molecule has 0 heterocycles. The lowest BCUT2D eigenvalue weighted by atomic mass is 9.75. The molecule has 0 aliphatic heterocycles. The summed E-state index contributed by atoms with van der Waals surface area (Å²) in [5.74, 6) is 0. The first-order valence-electron chi connectivity index (χ1n) is 8.13. The molecule has 0 N–H and O–H groups in total. The highest BCUT2D eigenvalue weighted by Crippen LogP contribution is 2.51. The molecule has 25 heavy (non-hydrogen) atoms. The lowest BCUT2D eigenvalue weighted by molar-refractivity contribution is -0.384. The fourth-order valence-corrected chi connectivity index (χ4v) is 4.32. The van der Waals surface area contributed by atoms with Gasteiger partial charge in [0.2, 0.25) is 0 Å². The van der Waals surface area contributed by atoms with Crippen LogP contribution in [0.15, 0.2) is 71.2 Å². The Morgan fingerprint density at radius 1 is 0.960 bits per heavy atom. The van der Waals surface area contributed by atoms with E-state index in [2.05, 4.69) is 41.1 Å². The third-order valence-electron chi connectivity index (χ3n) is 5.12. The number of halogens is 1. The van der Waals surface area contributed by atoms with Gasteiger partial charge in [0.1, 0.15) is 0 Å². The van der Waals surface area contributed by atoms with Gasteiger partial charge in [-0.05, 0) is 46.4 Å². The zero-order valence-corrected chi connectivity index (χ0v) is 15.3. The van der Waals surface area contributed by atoms with Crippen LogP contribution >= 0.6 is 15.9 Å². The van der Waals surface area contributed by atoms with Gasteiger partial charge in [0, 0.05) is 22.0 Å². The molecule has 0 amide bonds. The van der Waals surface area contributed by atoms with Gasteiger partial charge in [-0.25, -0.2) is 0 Å². The summed E-state index contributed by atoms with van der Waals surface area (Å²) < 4.78 is 1.06. The van der Waals surface area contributed by atoms with Crippen LogP contribution in [0.4, 0.5) is 5.69 Å². The molecule has 0 spiro atoms. The molecular weight excluding hydrogens is 378 g/mol. The average molecular weight is 394 g/mol. The van der Waals surface area contributed by atoms with Gasteiger partial charge in [-0.2, -0.15) is 0 Å². The third kappa shape index (κ3) is 2.48. The molecule has 4 rings (SSSR count). The van der Waals surface area contributed by atoms with Gasteiger partial charge in [0.15, 0.2) is 0 Å². The van der Waals surface area contributed by atoms with E-state index in [4.69, 9.17) is 0 Å². The SMILES string of the molecule is CC1(Cc2ccccc2Br)c2ccccc2-c2ccc([N+](=O)[O-])cc21. The summed E-state index contributed by atoms with van der Waals surface area (Å²) in [4.78, 5) is 11.0. The maximum Gasteiger partial charge on any atom is 0.269 e. The van der Waals surface area contributed by atoms with Crippen molar-refractivity contribution < 1.29 is 4.92 Å². The van der Waals surface area contributed by atoms with Crippen molar-refractivity contribution in [2.24, 2.45) is 0 Å². The van der Waals surface area contributed by atoms with Crippen LogP contribution < -0.4 is 0 Å². The summed E-state index contributed by atoms with van der Waals surface area (Å²) in [6, 6.07) is 21.7. The zero-order chi connectivity index (χ0) is 17.6. The molecule has 4 heteroatoms. The van der Waals surface area contributed by atoms with Crippen LogP contribution in [0.2, 0.25) is 0 Å². The summed E-state index contributed by atoms with van der Waals surface area (Å²) in [5, 5.41) is 11.3. The summed E-state index contributed by atoms with van der Waals surface area (Å²) >= 11 is 3.64. The van der Waals surface area contributed by atoms with E-state index in [0.29, 0.717) is 0 Å². The predicted octanol–water partition coefficient (Wildman–Crippen LogP) is 5.89. The maximum atomic E-state index is 11.3. The summed E-state index contributed by atoms with van der Waals surface area (Å²) in [5.41, 5.74) is 5.55. The van der Waals surface area contributed by atoms with Gasteiger partial charge in [0.25, 0.3) is 5.69 Å². The van der Waals surface area contributed by atoms with E-state index in [1.807, 2.05) is 36.4 Å². The Balaban J connectivity index is 1.94. The van der Waals surface area contributed by atoms with Crippen molar-refractivity contribution in [2.45, 2.75) is 18.8 Å². The molecule has 0 aromatic heterocycles. The normalized spacial score (nSPS) is 17.8. The minimum atomic E-state index is -0.317. The number of non-ortho nitro benzene ring substituents is 1.